The average Bonchev–Trinajstić information content (AvgIpc) is 3.18. The third-order valence-electron chi connectivity index (χ3n) is 3.68. The van der Waals surface area contributed by atoms with Gasteiger partial charge in [-0.1, -0.05) is 53.5 Å². The van der Waals surface area contributed by atoms with Gasteiger partial charge in [0.05, 0.1) is 0 Å². The zero-order valence-corrected chi connectivity index (χ0v) is 16.6. The van der Waals surface area contributed by atoms with Gasteiger partial charge in [0.25, 0.3) is 0 Å². The molecule has 0 amide bonds. The molecule has 0 N–H and O–H groups in total. The quantitative estimate of drug-likeness (QED) is 0.391. The smallest absolute Gasteiger partial charge is 0.178 e. The van der Waals surface area contributed by atoms with Crippen LogP contribution >= 0.6 is 34.5 Å². The van der Waals surface area contributed by atoms with Gasteiger partial charge in [-0.15, -0.1) is 11.3 Å². The van der Waals surface area contributed by atoms with E-state index in [1.165, 1.54) is 0 Å². The maximum Gasteiger partial charge on any atom is 0.178 e. The van der Waals surface area contributed by atoms with Crippen molar-refractivity contribution < 1.29 is 9.53 Å². The molecule has 0 saturated heterocycles. The van der Waals surface area contributed by atoms with E-state index in [4.69, 9.17) is 27.9 Å². The fraction of sp³-hybridized carbons (Fsp3) is 0.0455. The van der Waals surface area contributed by atoms with Gasteiger partial charge in [0, 0.05) is 20.5 Å². The van der Waals surface area contributed by atoms with Crippen molar-refractivity contribution >= 4 is 52.5 Å². The van der Waals surface area contributed by atoms with E-state index in [-0.39, 0.29) is 5.78 Å². The topological polar surface area (TPSA) is 26.3 Å². The lowest BCUT2D eigenvalue weighted by Crippen LogP contribution is -1.96. The first-order valence-corrected chi connectivity index (χ1v) is 9.84. The molecule has 0 spiro atoms. The van der Waals surface area contributed by atoms with Crippen LogP contribution in [0.3, 0.4) is 0 Å². The lowest BCUT2D eigenvalue weighted by molar-refractivity contribution is -0.110. The van der Waals surface area contributed by atoms with Crippen LogP contribution in [0.2, 0.25) is 10.0 Å². The van der Waals surface area contributed by atoms with Gasteiger partial charge in [-0.3, -0.25) is 4.79 Å². The van der Waals surface area contributed by atoms with Crippen molar-refractivity contribution in [2.24, 2.45) is 0 Å². The molecule has 0 atom stereocenters. The number of ether oxygens (including phenoxy) is 1. The summed E-state index contributed by atoms with van der Waals surface area (Å²) in [7, 11) is 0. The molecule has 0 unspecified atom stereocenters. The number of allylic oxidation sites excluding steroid dienone is 2. The summed E-state index contributed by atoms with van der Waals surface area (Å²) in [6.07, 6.45) is 6.71. The maximum atomic E-state index is 11.9. The Morgan fingerprint density at radius 2 is 1.78 bits per heavy atom. The first kappa shape index (κ1) is 19.4. The number of carbonyl (C=O) groups excluding carboxylic acids is 1. The van der Waals surface area contributed by atoms with E-state index in [9.17, 15) is 4.79 Å². The van der Waals surface area contributed by atoms with E-state index in [0.29, 0.717) is 16.7 Å². The lowest BCUT2D eigenvalue weighted by Gasteiger charge is -2.08. The highest BCUT2D eigenvalue weighted by Gasteiger charge is 2.02. The molecule has 27 heavy (non-hydrogen) atoms. The molecule has 2 aromatic carbocycles. The van der Waals surface area contributed by atoms with E-state index in [1.807, 2.05) is 53.9 Å². The zero-order valence-electron chi connectivity index (χ0n) is 14.3. The summed E-state index contributed by atoms with van der Waals surface area (Å²) in [5, 5.41) is 3.15. The molecule has 0 aliphatic carbocycles. The minimum atomic E-state index is -0.0545. The number of halogens is 2. The Morgan fingerprint density at radius 1 is 1.00 bits per heavy atom. The summed E-state index contributed by atoms with van der Waals surface area (Å²) in [4.78, 5) is 12.9. The Bertz CT molecular complexity index is 958. The summed E-state index contributed by atoms with van der Waals surface area (Å²) in [6.45, 7) is 0.358. The van der Waals surface area contributed by atoms with Gasteiger partial charge in [0.15, 0.2) is 5.78 Å². The number of hydrogen-bond donors (Lipinski definition) is 0. The molecule has 0 radical (unpaired) electrons. The molecule has 136 valence electrons. The van der Waals surface area contributed by atoms with Gasteiger partial charge >= 0.3 is 0 Å². The predicted molar refractivity (Wildman–Crippen MR) is 115 cm³/mol. The third-order valence-corrected chi connectivity index (χ3v) is 5.11. The third kappa shape index (κ3) is 6.10. The average molecular weight is 415 g/mol. The number of thiophene rings is 1. The minimum absolute atomic E-state index is 0.0545. The lowest BCUT2D eigenvalue weighted by atomic mass is 10.2. The second kappa shape index (κ2) is 9.56. The van der Waals surface area contributed by atoms with Crippen LogP contribution in [0.25, 0.3) is 12.2 Å². The molecule has 1 heterocycles. The summed E-state index contributed by atoms with van der Waals surface area (Å²) < 4.78 is 5.74. The SMILES string of the molecule is O=C(C=Cc1ccc(OCc2ccc(Cl)cc2Cl)cc1)C=Cc1cccs1. The van der Waals surface area contributed by atoms with Crippen LogP contribution in [-0.2, 0) is 11.4 Å². The summed E-state index contributed by atoms with van der Waals surface area (Å²) >= 11 is 13.6. The molecule has 0 saturated carbocycles. The number of ketones is 1. The monoisotopic (exact) mass is 414 g/mol. The first-order chi connectivity index (χ1) is 13.1. The number of benzene rings is 2. The Kier molecular flexibility index (Phi) is 6.88. The van der Waals surface area contributed by atoms with E-state index in [0.717, 1.165) is 21.8 Å². The molecular weight excluding hydrogens is 399 g/mol. The van der Waals surface area contributed by atoms with Crippen molar-refractivity contribution in [1.29, 1.82) is 0 Å². The fourth-order valence-electron chi connectivity index (χ4n) is 2.26. The van der Waals surface area contributed by atoms with E-state index < -0.39 is 0 Å². The summed E-state index contributed by atoms with van der Waals surface area (Å²) in [5.74, 6) is 0.670. The second-order valence-electron chi connectivity index (χ2n) is 5.68. The number of rotatable bonds is 7. The molecule has 1 aromatic heterocycles. The Morgan fingerprint density at radius 3 is 2.48 bits per heavy atom. The zero-order chi connectivity index (χ0) is 19.1. The van der Waals surface area contributed by atoms with Gasteiger partial charge in [0.1, 0.15) is 12.4 Å². The second-order valence-corrected chi connectivity index (χ2v) is 7.50. The van der Waals surface area contributed by atoms with Gasteiger partial charge < -0.3 is 4.74 Å². The van der Waals surface area contributed by atoms with Crippen LogP contribution < -0.4 is 4.74 Å². The van der Waals surface area contributed by atoms with E-state index in [1.54, 1.807) is 41.7 Å². The highest BCUT2D eigenvalue weighted by atomic mass is 35.5. The molecule has 3 aromatic rings. The van der Waals surface area contributed by atoms with Crippen molar-refractivity contribution in [2.45, 2.75) is 6.61 Å². The molecule has 0 fully saturated rings. The van der Waals surface area contributed by atoms with Crippen molar-refractivity contribution in [1.82, 2.24) is 0 Å². The molecule has 0 aliphatic rings. The Labute approximate surface area is 172 Å². The van der Waals surface area contributed by atoms with Crippen LogP contribution in [-0.4, -0.2) is 5.78 Å². The van der Waals surface area contributed by atoms with Gasteiger partial charge in [-0.25, -0.2) is 0 Å². The fourth-order valence-corrected chi connectivity index (χ4v) is 3.34. The normalized spacial score (nSPS) is 11.3. The molecule has 0 bridgehead atoms. The molecule has 0 aliphatic heterocycles. The molecule has 3 rings (SSSR count). The van der Waals surface area contributed by atoms with Crippen molar-refractivity contribution in [3.05, 3.63) is 98.2 Å². The Hall–Kier alpha value is -2.33. The first-order valence-electron chi connectivity index (χ1n) is 8.20. The standard InChI is InChI=1S/C22H16Cl2O2S/c23-18-7-6-17(22(24)14-18)15-26-20-10-4-16(5-11-20)3-8-19(25)9-12-21-2-1-13-27-21/h1-14H,15H2. The summed E-state index contributed by atoms with van der Waals surface area (Å²) in [5.41, 5.74) is 1.79. The van der Waals surface area contributed by atoms with Gasteiger partial charge in [-0.2, -0.15) is 0 Å². The van der Waals surface area contributed by atoms with Crippen LogP contribution in [0.5, 0.6) is 5.75 Å². The van der Waals surface area contributed by atoms with E-state index in [2.05, 4.69) is 0 Å². The van der Waals surface area contributed by atoms with Crippen molar-refractivity contribution in [2.75, 3.05) is 0 Å². The predicted octanol–water partition coefficient (Wildman–Crippen LogP) is 6.93. The van der Waals surface area contributed by atoms with Crippen molar-refractivity contribution in [3.8, 4) is 5.75 Å². The van der Waals surface area contributed by atoms with Gasteiger partial charge in [0.2, 0.25) is 0 Å². The van der Waals surface area contributed by atoms with E-state index >= 15 is 0 Å². The highest BCUT2D eigenvalue weighted by Crippen LogP contribution is 2.23. The van der Waals surface area contributed by atoms with Gasteiger partial charge in [-0.05, 0) is 59.5 Å². The number of carbonyl (C=O) groups is 1. The minimum Gasteiger partial charge on any atom is -0.489 e. The maximum absolute atomic E-state index is 11.9. The number of hydrogen-bond acceptors (Lipinski definition) is 3. The van der Waals surface area contributed by atoms with Crippen LogP contribution in [0.15, 0.2) is 72.1 Å². The van der Waals surface area contributed by atoms with Crippen LogP contribution in [0.4, 0.5) is 0 Å². The molecule has 2 nitrogen and oxygen atoms in total. The molecule has 5 heteroatoms. The largest absolute Gasteiger partial charge is 0.489 e. The van der Waals surface area contributed by atoms with Crippen molar-refractivity contribution in [3.63, 3.8) is 0 Å². The Balaban J connectivity index is 1.54. The van der Waals surface area contributed by atoms with Crippen LogP contribution in [0.1, 0.15) is 16.0 Å². The van der Waals surface area contributed by atoms with Crippen LogP contribution in [0, 0.1) is 0 Å². The summed E-state index contributed by atoms with van der Waals surface area (Å²) in [6, 6.07) is 16.7. The highest BCUT2D eigenvalue weighted by molar-refractivity contribution is 7.10. The molecular formula is C22H16Cl2O2S.